The summed E-state index contributed by atoms with van der Waals surface area (Å²) in [4.78, 5) is 14.2. The lowest BCUT2D eigenvalue weighted by Crippen LogP contribution is -2.29. The van der Waals surface area contributed by atoms with Gasteiger partial charge in [0.1, 0.15) is 5.69 Å². The molecule has 3 N–H and O–H groups in total. The summed E-state index contributed by atoms with van der Waals surface area (Å²) in [6.07, 6.45) is 10.8. The predicted octanol–water partition coefficient (Wildman–Crippen LogP) is 6.68. The van der Waals surface area contributed by atoms with Gasteiger partial charge in [-0.05, 0) is 51.6 Å². The van der Waals surface area contributed by atoms with Crippen LogP contribution < -0.4 is 15.2 Å². The Morgan fingerprint density at radius 2 is 1.84 bits per heavy atom. The molecule has 0 spiro atoms. The summed E-state index contributed by atoms with van der Waals surface area (Å²) in [5, 5.41) is 0. The number of hydrogen-bond acceptors (Lipinski definition) is 8. The molecule has 2 aromatic heterocycles. The van der Waals surface area contributed by atoms with Crippen LogP contribution in [0.4, 0.5) is 24.8 Å². The fourth-order valence-electron chi connectivity index (χ4n) is 3.86. The zero-order valence-electron chi connectivity index (χ0n) is 21.3. The minimum atomic E-state index is -1.37. The molecule has 1 aliphatic rings. The number of hydrogen-bond donors (Lipinski definition) is 2. The van der Waals surface area contributed by atoms with Crippen molar-refractivity contribution in [2.45, 2.75) is 51.5 Å². The molecule has 7 nitrogen and oxygen atoms in total. The summed E-state index contributed by atoms with van der Waals surface area (Å²) in [6.45, 7) is 1.91. The van der Waals surface area contributed by atoms with Crippen molar-refractivity contribution in [3.05, 3.63) is 54.1 Å². The molecule has 0 atom stereocenters. The van der Waals surface area contributed by atoms with E-state index >= 15 is 0 Å². The van der Waals surface area contributed by atoms with Crippen molar-refractivity contribution >= 4 is 23.6 Å². The van der Waals surface area contributed by atoms with Gasteiger partial charge in [0.05, 0.1) is 11.3 Å². The third-order valence-corrected chi connectivity index (χ3v) is 6.80. The first kappa shape index (κ1) is 28.5. The summed E-state index contributed by atoms with van der Waals surface area (Å²) in [6, 6.07) is 6.41. The van der Waals surface area contributed by atoms with Crippen molar-refractivity contribution in [1.29, 1.82) is 0 Å². The lowest BCUT2D eigenvalue weighted by Gasteiger charge is -2.27. The highest BCUT2D eigenvalue weighted by molar-refractivity contribution is 8.00. The average Bonchev–Trinajstić information content (AvgIpc) is 2.90. The Labute approximate surface area is 220 Å². The van der Waals surface area contributed by atoms with Gasteiger partial charge in [0, 0.05) is 30.3 Å². The van der Waals surface area contributed by atoms with Crippen molar-refractivity contribution in [2.75, 3.05) is 30.3 Å². The predicted molar refractivity (Wildman–Crippen MR) is 143 cm³/mol. The second-order valence-electron chi connectivity index (χ2n) is 8.82. The molecule has 0 saturated heterocycles. The Morgan fingerprint density at radius 3 is 2.49 bits per heavy atom. The van der Waals surface area contributed by atoms with E-state index in [0.29, 0.717) is 17.0 Å². The fraction of sp³-hybridized carbons (Fsp3) is 0.423. The zero-order chi connectivity index (χ0) is 26.8. The van der Waals surface area contributed by atoms with E-state index in [9.17, 15) is 13.2 Å². The molecule has 4 rings (SSSR count). The van der Waals surface area contributed by atoms with E-state index in [-0.39, 0.29) is 11.8 Å². The number of pyridine rings is 1. The molecule has 0 bridgehead atoms. The van der Waals surface area contributed by atoms with Crippen molar-refractivity contribution in [1.82, 2.24) is 19.9 Å². The fourth-order valence-corrected chi connectivity index (χ4v) is 4.50. The van der Waals surface area contributed by atoms with Gasteiger partial charge in [-0.3, -0.25) is 0 Å². The van der Waals surface area contributed by atoms with Gasteiger partial charge in [-0.15, -0.1) is 0 Å². The SMILES string of the molecule is CCCSNc1c(F)cc(Oc2ncccc2-c2ccnc(N)n2)c(F)c1F.CN(C)C1CCCCC1. The molecule has 200 valence electrons. The van der Waals surface area contributed by atoms with Crippen molar-refractivity contribution in [3.63, 3.8) is 0 Å². The number of ether oxygens (including phenoxy) is 1. The van der Waals surface area contributed by atoms with Crippen LogP contribution in [-0.4, -0.2) is 45.7 Å². The average molecular weight is 535 g/mol. The summed E-state index contributed by atoms with van der Waals surface area (Å²) in [7, 11) is 4.38. The zero-order valence-corrected chi connectivity index (χ0v) is 22.1. The van der Waals surface area contributed by atoms with E-state index in [4.69, 9.17) is 10.5 Å². The van der Waals surface area contributed by atoms with Gasteiger partial charge in [-0.25, -0.2) is 23.7 Å². The van der Waals surface area contributed by atoms with Crippen LogP contribution in [0, 0.1) is 17.5 Å². The van der Waals surface area contributed by atoms with Crippen LogP contribution in [0.15, 0.2) is 36.7 Å². The van der Waals surface area contributed by atoms with Crippen LogP contribution in [-0.2, 0) is 0 Å². The van der Waals surface area contributed by atoms with Crippen molar-refractivity contribution in [2.24, 2.45) is 0 Å². The van der Waals surface area contributed by atoms with E-state index in [1.165, 1.54) is 44.5 Å². The van der Waals surface area contributed by atoms with E-state index in [0.717, 1.165) is 30.5 Å². The highest BCUT2D eigenvalue weighted by Crippen LogP contribution is 2.36. The minimum absolute atomic E-state index is 0.0237. The van der Waals surface area contributed by atoms with Gasteiger partial charge in [-0.1, -0.05) is 38.1 Å². The molecular formula is C26H33F3N6OS. The number of halogens is 3. The van der Waals surface area contributed by atoms with E-state index < -0.39 is 28.9 Å². The molecule has 1 aromatic carbocycles. The molecule has 0 aliphatic heterocycles. The Morgan fingerprint density at radius 1 is 1.08 bits per heavy atom. The Hall–Kier alpha value is -3.05. The Kier molecular flexibility index (Phi) is 10.8. The second kappa shape index (κ2) is 14.0. The monoisotopic (exact) mass is 534 g/mol. The number of anilines is 2. The topological polar surface area (TPSA) is 89.2 Å². The molecule has 1 saturated carbocycles. The number of rotatable bonds is 8. The van der Waals surface area contributed by atoms with Crippen molar-refractivity contribution in [3.8, 4) is 22.9 Å². The molecule has 0 amide bonds. The van der Waals surface area contributed by atoms with Crippen molar-refractivity contribution < 1.29 is 17.9 Å². The molecule has 0 radical (unpaired) electrons. The van der Waals surface area contributed by atoms with Crippen LogP contribution in [0.5, 0.6) is 11.6 Å². The van der Waals surface area contributed by atoms with Crippen LogP contribution in [0.3, 0.4) is 0 Å². The van der Waals surface area contributed by atoms with Crippen LogP contribution in [0.25, 0.3) is 11.3 Å². The maximum absolute atomic E-state index is 14.4. The van der Waals surface area contributed by atoms with Gasteiger partial charge in [0.15, 0.2) is 17.4 Å². The lowest BCUT2D eigenvalue weighted by atomic mass is 9.95. The number of nitrogens with zero attached hydrogens (tertiary/aromatic N) is 4. The standard InChI is InChI=1S/C18H16F3N5OS.C8H17N/c1-2-8-28-26-16-11(19)9-13(14(20)15(16)21)27-17-10(4-3-6-23-17)12-5-7-24-18(22)25-12;1-9(2)8-6-4-3-5-7-8/h3-7,9,26H,2,8H2,1H3,(H2,22,24,25);8H,3-7H2,1-2H3. The number of nitrogen functional groups attached to an aromatic ring is 1. The van der Waals surface area contributed by atoms with Gasteiger partial charge in [-0.2, -0.15) is 4.39 Å². The van der Waals surface area contributed by atoms with Gasteiger partial charge >= 0.3 is 0 Å². The first-order valence-corrected chi connectivity index (χ1v) is 13.2. The number of nitrogens with two attached hydrogens (primary N) is 1. The minimum Gasteiger partial charge on any atom is -0.435 e. The highest BCUT2D eigenvalue weighted by Gasteiger charge is 2.22. The lowest BCUT2D eigenvalue weighted by molar-refractivity contribution is 0.229. The summed E-state index contributed by atoms with van der Waals surface area (Å²) >= 11 is 1.08. The molecule has 1 aliphatic carbocycles. The largest absolute Gasteiger partial charge is 0.435 e. The number of nitrogens with one attached hydrogen (secondary N) is 1. The van der Waals surface area contributed by atoms with Crippen LogP contribution in [0.2, 0.25) is 0 Å². The molecule has 1 fully saturated rings. The summed E-state index contributed by atoms with van der Waals surface area (Å²) < 4.78 is 50.9. The van der Waals surface area contributed by atoms with Crippen LogP contribution in [0.1, 0.15) is 45.4 Å². The Balaban J connectivity index is 0.000000356. The third-order valence-electron chi connectivity index (χ3n) is 5.84. The molecule has 2 heterocycles. The van der Waals surface area contributed by atoms with Gasteiger partial charge in [0.25, 0.3) is 0 Å². The molecular weight excluding hydrogens is 501 g/mol. The maximum Gasteiger partial charge on any atom is 0.228 e. The summed E-state index contributed by atoms with van der Waals surface area (Å²) in [5.74, 6) is -3.78. The first-order chi connectivity index (χ1) is 17.8. The first-order valence-electron chi connectivity index (χ1n) is 12.2. The molecule has 0 unspecified atom stereocenters. The summed E-state index contributed by atoms with van der Waals surface area (Å²) in [5.41, 5.74) is 5.74. The van der Waals surface area contributed by atoms with Gasteiger partial charge < -0.3 is 20.1 Å². The molecule has 37 heavy (non-hydrogen) atoms. The van der Waals surface area contributed by atoms with Gasteiger partial charge in [0.2, 0.25) is 17.6 Å². The normalized spacial score (nSPS) is 13.7. The maximum atomic E-state index is 14.4. The second-order valence-corrected chi connectivity index (χ2v) is 9.72. The molecule has 3 aromatic rings. The van der Waals surface area contributed by atoms with E-state index in [1.54, 1.807) is 18.2 Å². The van der Waals surface area contributed by atoms with Crippen LogP contribution >= 0.6 is 11.9 Å². The van der Waals surface area contributed by atoms with E-state index in [1.807, 2.05) is 6.92 Å². The van der Waals surface area contributed by atoms with E-state index in [2.05, 4.69) is 38.7 Å². The molecule has 11 heteroatoms. The Bertz CT molecular complexity index is 1160. The number of aromatic nitrogens is 3. The highest BCUT2D eigenvalue weighted by atomic mass is 32.2. The quantitative estimate of drug-likeness (QED) is 0.188. The number of benzene rings is 1. The smallest absolute Gasteiger partial charge is 0.228 e. The third kappa shape index (κ3) is 7.96.